The molecule has 1 heterocycles. The quantitative estimate of drug-likeness (QED) is 0.717. The Hall–Kier alpha value is -1.45. The number of nitrogens with zero attached hydrogens (tertiary/aromatic N) is 2. The van der Waals surface area contributed by atoms with Crippen LogP contribution in [0.2, 0.25) is 0 Å². The minimum Gasteiger partial charge on any atom is -0.347 e. The van der Waals surface area contributed by atoms with Gasteiger partial charge in [0.05, 0.1) is 11.4 Å². The molecule has 1 saturated heterocycles. The minimum absolute atomic E-state index is 0.0540. The molecular weight excluding hydrogens is 422 g/mol. The number of piperazine rings is 1. The van der Waals surface area contributed by atoms with E-state index in [4.69, 9.17) is 0 Å². The smallest absolute Gasteiger partial charge is 0.243 e. The van der Waals surface area contributed by atoms with Crippen molar-refractivity contribution < 1.29 is 18.0 Å². The molecule has 1 aromatic rings. The zero-order chi connectivity index (χ0) is 19.3. The summed E-state index contributed by atoms with van der Waals surface area (Å²) in [4.78, 5) is 25.8. The number of benzene rings is 1. The van der Waals surface area contributed by atoms with Gasteiger partial charge in [0.1, 0.15) is 0 Å². The number of halogens is 1. The van der Waals surface area contributed by atoms with Crippen molar-refractivity contribution in [1.82, 2.24) is 14.5 Å². The summed E-state index contributed by atoms with van der Waals surface area (Å²) < 4.78 is 27.5. The second-order valence-electron chi connectivity index (χ2n) is 6.27. The van der Waals surface area contributed by atoms with Gasteiger partial charge in [0, 0.05) is 36.6 Å². The predicted octanol–water partition coefficient (Wildman–Crippen LogP) is 1.44. The number of carbonyl (C=O) groups excluding carboxylic acids is 2. The summed E-state index contributed by atoms with van der Waals surface area (Å²) in [6, 6.07) is 6.57. The minimum atomic E-state index is -3.58. The van der Waals surface area contributed by atoms with Crippen LogP contribution in [0.25, 0.3) is 0 Å². The summed E-state index contributed by atoms with van der Waals surface area (Å²) in [5, 5.41) is 2.64. The maximum absolute atomic E-state index is 12.7. The highest BCUT2D eigenvalue weighted by Crippen LogP contribution is 2.21. The second kappa shape index (κ2) is 8.96. The van der Waals surface area contributed by atoms with Crippen LogP contribution in [0.1, 0.15) is 20.3 Å². The molecule has 26 heavy (non-hydrogen) atoms. The SMILES string of the molecule is CCC(C)C(=O)NCC(=O)N1CCN(S(=O)(=O)c2cccc(Br)c2)CC1. The summed E-state index contributed by atoms with van der Waals surface area (Å²) in [7, 11) is -3.58. The summed E-state index contributed by atoms with van der Waals surface area (Å²) in [6.07, 6.45) is 0.714. The van der Waals surface area contributed by atoms with Crippen LogP contribution in [0.15, 0.2) is 33.6 Å². The Kier molecular flexibility index (Phi) is 7.19. The fourth-order valence-electron chi connectivity index (χ4n) is 2.59. The summed E-state index contributed by atoms with van der Waals surface area (Å²) in [5.41, 5.74) is 0. The van der Waals surface area contributed by atoms with E-state index in [1.165, 1.54) is 4.31 Å². The second-order valence-corrected chi connectivity index (χ2v) is 9.12. The molecule has 0 bridgehead atoms. The monoisotopic (exact) mass is 445 g/mol. The highest BCUT2D eigenvalue weighted by Gasteiger charge is 2.30. The van der Waals surface area contributed by atoms with Crippen LogP contribution in [0.4, 0.5) is 0 Å². The van der Waals surface area contributed by atoms with Gasteiger partial charge in [-0.15, -0.1) is 0 Å². The lowest BCUT2D eigenvalue weighted by Gasteiger charge is -2.34. The number of hydrogen-bond donors (Lipinski definition) is 1. The van der Waals surface area contributed by atoms with Crippen LogP contribution in [-0.2, 0) is 19.6 Å². The van der Waals surface area contributed by atoms with Crippen molar-refractivity contribution in [2.75, 3.05) is 32.7 Å². The van der Waals surface area contributed by atoms with E-state index >= 15 is 0 Å². The lowest BCUT2D eigenvalue weighted by Crippen LogP contribution is -2.52. The first-order valence-corrected chi connectivity index (χ1v) is 10.8. The maximum Gasteiger partial charge on any atom is 0.243 e. The fraction of sp³-hybridized carbons (Fsp3) is 0.529. The molecule has 2 rings (SSSR count). The molecule has 1 aliphatic rings. The molecule has 144 valence electrons. The molecule has 1 unspecified atom stereocenters. The van der Waals surface area contributed by atoms with Crippen LogP contribution >= 0.6 is 15.9 Å². The summed E-state index contributed by atoms with van der Waals surface area (Å²) in [5.74, 6) is -0.465. The maximum atomic E-state index is 12.7. The van der Waals surface area contributed by atoms with Crippen LogP contribution in [0.3, 0.4) is 0 Å². The van der Waals surface area contributed by atoms with Crippen LogP contribution < -0.4 is 5.32 Å². The molecule has 0 saturated carbocycles. The molecule has 2 amide bonds. The average molecular weight is 446 g/mol. The molecule has 0 radical (unpaired) electrons. The Bertz CT molecular complexity index is 761. The molecule has 9 heteroatoms. The highest BCUT2D eigenvalue weighted by molar-refractivity contribution is 9.10. The van der Waals surface area contributed by atoms with Crippen molar-refractivity contribution in [3.8, 4) is 0 Å². The van der Waals surface area contributed by atoms with E-state index in [2.05, 4.69) is 21.2 Å². The van der Waals surface area contributed by atoms with Crippen LogP contribution in [-0.4, -0.2) is 62.2 Å². The lowest BCUT2D eigenvalue weighted by molar-refractivity contribution is -0.134. The number of amides is 2. The fourth-order valence-corrected chi connectivity index (χ4v) is 4.61. The van der Waals surface area contributed by atoms with Gasteiger partial charge in [-0.25, -0.2) is 8.42 Å². The summed E-state index contributed by atoms with van der Waals surface area (Å²) >= 11 is 3.28. The van der Waals surface area contributed by atoms with Crippen molar-refractivity contribution in [3.05, 3.63) is 28.7 Å². The van der Waals surface area contributed by atoms with Gasteiger partial charge in [-0.1, -0.05) is 35.8 Å². The molecule has 0 aromatic heterocycles. The normalized spacial score (nSPS) is 17.0. The van der Waals surface area contributed by atoms with Gasteiger partial charge in [0.25, 0.3) is 0 Å². The Labute approximate surface area is 162 Å². The average Bonchev–Trinajstić information content (AvgIpc) is 2.65. The first-order valence-electron chi connectivity index (χ1n) is 8.57. The molecule has 0 aliphatic carbocycles. The number of carbonyl (C=O) groups is 2. The van der Waals surface area contributed by atoms with Gasteiger partial charge >= 0.3 is 0 Å². The molecule has 7 nitrogen and oxygen atoms in total. The van der Waals surface area contributed by atoms with E-state index in [0.717, 1.165) is 0 Å². The molecule has 1 N–H and O–H groups in total. The largest absolute Gasteiger partial charge is 0.347 e. The molecule has 1 aliphatic heterocycles. The third kappa shape index (κ3) is 5.05. The number of hydrogen-bond acceptors (Lipinski definition) is 4. The van der Waals surface area contributed by atoms with Gasteiger partial charge in [-0.3, -0.25) is 9.59 Å². The molecular formula is C17H24BrN3O4S. The Morgan fingerprint density at radius 2 is 1.88 bits per heavy atom. The Morgan fingerprint density at radius 1 is 1.23 bits per heavy atom. The zero-order valence-electron chi connectivity index (χ0n) is 14.9. The molecule has 1 fully saturated rings. The zero-order valence-corrected chi connectivity index (χ0v) is 17.3. The van der Waals surface area contributed by atoms with Crippen molar-refractivity contribution in [1.29, 1.82) is 0 Å². The standard InChI is InChI=1S/C17H24BrN3O4S/c1-3-13(2)17(23)19-12-16(22)20-7-9-21(10-8-20)26(24,25)15-6-4-5-14(18)11-15/h4-6,11,13H,3,7-10,12H2,1-2H3,(H,19,23). The van der Waals surface area contributed by atoms with E-state index in [9.17, 15) is 18.0 Å². The van der Waals surface area contributed by atoms with Crippen molar-refractivity contribution in [2.24, 2.45) is 5.92 Å². The van der Waals surface area contributed by atoms with Gasteiger partial charge in [0.2, 0.25) is 21.8 Å². The van der Waals surface area contributed by atoms with E-state index in [-0.39, 0.29) is 42.3 Å². The number of sulfonamides is 1. The van der Waals surface area contributed by atoms with Crippen molar-refractivity contribution >= 4 is 37.8 Å². The van der Waals surface area contributed by atoms with Gasteiger partial charge in [-0.2, -0.15) is 4.31 Å². The number of nitrogens with one attached hydrogen (secondary N) is 1. The molecule has 0 spiro atoms. The Balaban J connectivity index is 1.90. The topological polar surface area (TPSA) is 86.8 Å². The third-order valence-electron chi connectivity index (χ3n) is 4.50. The molecule has 1 aromatic carbocycles. The van der Waals surface area contributed by atoms with Gasteiger partial charge in [-0.05, 0) is 24.6 Å². The van der Waals surface area contributed by atoms with E-state index in [0.29, 0.717) is 24.0 Å². The predicted molar refractivity (Wildman–Crippen MR) is 102 cm³/mol. The van der Waals surface area contributed by atoms with Gasteiger partial charge in [0.15, 0.2) is 0 Å². The third-order valence-corrected chi connectivity index (χ3v) is 6.89. The van der Waals surface area contributed by atoms with E-state index < -0.39 is 10.0 Å². The number of rotatable bonds is 6. The van der Waals surface area contributed by atoms with Gasteiger partial charge < -0.3 is 10.2 Å². The van der Waals surface area contributed by atoms with E-state index in [1.807, 2.05) is 13.8 Å². The van der Waals surface area contributed by atoms with Crippen LogP contribution in [0, 0.1) is 5.92 Å². The highest BCUT2D eigenvalue weighted by atomic mass is 79.9. The van der Waals surface area contributed by atoms with E-state index in [1.54, 1.807) is 29.2 Å². The Morgan fingerprint density at radius 3 is 2.46 bits per heavy atom. The van der Waals surface area contributed by atoms with Crippen molar-refractivity contribution in [3.63, 3.8) is 0 Å². The summed E-state index contributed by atoms with van der Waals surface area (Å²) in [6.45, 7) is 4.76. The first kappa shape index (κ1) is 20.9. The van der Waals surface area contributed by atoms with Crippen LogP contribution in [0.5, 0.6) is 0 Å². The first-order chi connectivity index (χ1) is 12.3. The molecule has 1 atom stereocenters. The lowest BCUT2D eigenvalue weighted by atomic mass is 10.1. The van der Waals surface area contributed by atoms with Crippen molar-refractivity contribution in [2.45, 2.75) is 25.2 Å².